The Morgan fingerprint density at radius 1 is 0.923 bits per heavy atom. The van der Waals surface area contributed by atoms with Crippen LogP contribution in [0.25, 0.3) is 16.6 Å². The molecule has 0 fully saturated rings. The van der Waals surface area contributed by atoms with Crippen LogP contribution in [0.15, 0.2) is 107 Å². The molecule has 0 radical (unpaired) electrons. The van der Waals surface area contributed by atoms with Crippen molar-refractivity contribution in [2.24, 2.45) is 0 Å². The normalized spacial score (nSPS) is 12.8. The molecule has 1 aliphatic heterocycles. The second-order valence-corrected chi connectivity index (χ2v) is 10.4. The molecule has 39 heavy (non-hydrogen) atoms. The van der Waals surface area contributed by atoms with E-state index in [9.17, 15) is 9.59 Å². The molecule has 1 amide bonds. The van der Waals surface area contributed by atoms with E-state index < -0.39 is 0 Å². The number of aromatic nitrogens is 2. The Balaban J connectivity index is 1.40. The number of hydrogen-bond acceptors (Lipinski definition) is 5. The van der Waals surface area contributed by atoms with Crippen molar-refractivity contribution in [3.63, 3.8) is 0 Å². The predicted molar refractivity (Wildman–Crippen MR) is 155 cm³/mol. The van der Waals surface area contributed by atoms with Crippen molar-refractivity contribution in [3.8, 4) is 11.4 Å². The minimum atomic E-state index is -0.185. The monoisotopic (exact) mass is 533 g/mol. The zero-order chi connectivity index (χ0) is 26.8. The van der Waals surface area contributed by atoms with Gasteiger partial charge in [-0.05, 0) is 53.4 Å². The lowest BCUT2D eigenvalue weighted by Gasteiger charge is -2.29. The van der Waals surface area contributed by atoms with Crippen LogP contribution < -0.4 is 10.3 Å². The second-order valence-electron chi connectivity index (χ2n) is 9.49. The maximum absolute atomic E-state index is 13.9. The second kappa shape index (κ2) is 10.8. The van der Waals surface area contributed by atoms with E-state index in [1.807, 2.05) is 59.5 Å². The number of thioether (sulfide) groups is 1. The van der Waals surface area contributed by atoms with Gasteiger partial charge in [0.1, 0.15) is 5.75 Å². The van der Waals surface area contributed by atoms with Crippen LogP contribution >= 0.6 is 11.8 Å². The Morgan fingerprint density at radius 2 is 1.72 bits per heavy atom. The van der Waals surface area contributed by atoms with Gasteiger partial charge in [0.2, 0.25) is 0 Å². The first-order chi connectivity index (χ1) is 19.1. The zero-order valence-electron chi connectivity index (χ0n) is 21.5. The molecule has 2 heterocycles. The van der Waals surface area contributed by atoms with Gasteiger partial charge in [0, 0.05) is 30.5 Å². The number of benzene rings is 4. The highest BCUT2D eigenvalue weighted by Gasteiger charge is 2.23. The summed E-state index contributed by atoms with van der Waals surface area (Å²) in [4.78, 5) is 34.1. The third-order valence-electron chi connectivity index (χ3n) is 7.03. The van der Waals surface area contributed by atoms with Crippen LogP contribution in [0.1, 0.15) is 27.0 Å². The van der Waals surface area contributed by atoms with Gasteiger partial charge in [0.25, 0.3) is 11.5 Å². The first-order valence-electron chi connectivity index (χ1n) is 12.8. The topological polar surface area (TPSA) is 64.4 Å². The van der Waals surface area contributed by atoms with E-state index in [-0.39, 0.29) is 11.5 Å². The number of carbonyl (C=O) groups is 1. The summed E-state index contributed by atoms with van der Waals surface area (Å²) in [6, 6.07) is 30.9. The Morgan fingerprint density at radius 3 is 2.54 bits per heavy atom. The Labute approximate surface area is 230 Å². The van der Waals surface area contributed by atoms with Crippen molar-refractivity contribution in [1.82, 2.24) is 14.5 Å². The summed E-state index contributed by atoms with van der Waals surface area (Å²) in [6.45, 7) is 1.24. The Kier molecular flexibility index (Phi) is 6.90. The minimum Gasteiger partial charge on any atom is -0.497 e. The molecule has 7 heteroatoms. The van der Waals surface area contributed by atoms with Gasteiger partial charge in [0.15, 0.2) is 5.16 Å². The number of nitrogens with zero attached hydrogens (tertiary/aromatic N) is 3. The van der Waals surface area contributed by atoms with E-state index in [0.29, 0.717) is 51.9 Å². The molecule has 0 saturated heterocycles. The van der Waals surface area contributed by atoms with Crippen molar-refractivity contribution < 1.29 is 9.53 Å². The lowest BCUT2D eigenvalue weighted by Crippen LogP contribution is -2.36. The van der Waals surface area contributed by atoms with Crippen LogP contribution in [0.5, 0.6) is 5.75 Å². The number of carbonyl (C=O) groups excluding carboxylic acids is 1. The lowest BCUT2D eigenvalue weighted by atomic mass is 9.99. The van der Waals surface area contributed by atoms with Crippen molar-refractivity contribution in [2.75, 3.05) is 13.7 Å². The fourth-order valence-corrected chi connectivity index (χ4v) is 5.91. The molecule has 1 aliphatic rings. The highest BCUT2D eigenvalue weighted by atomic mass is 32.2. The van der Waals surface area contributed by atoms with E-state index in [1.54, 1.807) is 29.9 Å². The summed E-state index contributed by atoms with van der Waals surface area (Å²) in [5, 5.41) is 1.02. The highest BCUT2D eigenvalue weighted by molar-refractivity contribution is 7.98. The molecular weight excluding hydrogens is 506 g/mol. The van der Waals surface area contributed by atoms with E-state index in [1.165, 1.54) is 22.9 Å². The summed E-state index contributed by atoms with van der Waals surface area (Å²) in [5.41, 5.74) is 5.14. The third kappa shape index (κ3) is 5.05. The first kappa shape index (κ1) is 24.9. The molecule has 0 N–H and O–H groups in total. The quantitative estimate of drug-likeness (QED) is 0.201. The smallest absolute Gasteiger partial charge is 0.266 e. The maximum Gasteiger partial charge on any atom is 0.266 e. The van der Waals surface area contributed by atoms with Crippen LogP contribution in [0.4, 0.5) is 0 Å². The van der Waals surface area contributed by atoms with Gasteiger partial charge in [-0.2, -0.15) is 0 Å². The molecule has 0 unspecified atom stereocenters. The van der Waals surface area contributed by atoms with Gasteiger partial charge in [-0.25, -0.2) is 4.98 Å². The fraction of sp³-hybridized carbons (Fsp3) is 0.156. The molecule has 0 spiro atoms. The summed E-state index contributed by atoms with van der Waals surface area (Å²) in [5.74, 6) is 1.25. The molecule has 6 nitrogen and oxygen atoms in total. The van der Waals surface area contributed by atoms with Gasteiger partial charge < -0.3 is 9.64 Å². The van der Waals surface area contributed by atoms with Gasteiger partial charge in [-0.3, -0.25) is 14.2 Å². The molecule has 0 aliphatic carbocycles. The number of rotatable bonds is 6. The molecule has 0 bridgehead atoms. The number of fused-ring (bicyclic) bond motifs is 2. The van der Waals surface area contributed by atoms with Crippen molar-refractivity contribution in [3.05, 3.63) is 130 Å². The number of methoxy groups -OCH3 is 1. The summed E-state index contributed by atoms with van der Waals surface area (Å²) in [6.07, 6.45) is 0.833. The molecule has 1 aromatic heterocycles. The van der Waals surface area contributed by atoms with Gasteiger partial charge >= 0.3 is 0 Å². The molecule has 4 aromatic carbocycles. The standard InChI is InChI=1S/C32H27N3O3S/c1-38-27-13-7-12-26(19-27)35-31(37)28-15-14-24(30(36)34-17-16-23-10-5-6-11-25(23)20-34)18-29(28)33-32(35)39-21-22-8-3-2-4-9-22/h2-15,18-19H,16-17,20-21H2,1H3. The van der Waals surface area contributed by atoms with E-state index in [4.69, 9.17) is 9.72 Å². The Hall–Kier alpha value is -4.36. The average molecular weight is 534 g/mol. The highest BCUT2D eigenvalue weighted by Crippen LogP contribution is 2.27. The van der Waals surface area contributed by atoms with E-state index in [2.05, 4.69) is 24.3 Å². The van der Waals surface area contributed by atoms with Crippen molar-refractivity contribution in [2.45, 2.75) is 23.9 Å². The molecule has 5 aromatic rings. The third-order valence-corrected chi connectivity index (χ3v) is 8.04. The van der Waals surface area contributed by atoms with E-state index in [0.717, 1.165) is 12.0 Å². The molecule has 6 rings (SSSR count). The Bertz CT molecular complexity index is 1730. The number of amides is 1. The maximum atomic E-state index is 13.9. The number of hydrogen-bond donors (Lipinski definition) is 0. The molecule has 194 valence electrons. The van der Waals surface area contributed by atoms with Crippen LogP contribution in [0, 0.1) is 0 Å². The van der Waals surface area contributed by atoms with Crippen LogP contribution in [0.2, 0.25) is 0 Å². The molecule has 0 atom stereocenters. The molecular formula is C32H27N3O3S. The minimum absolute atomic E-state index is 0.0522. The summed E-state index contributed by atoms with van der Waals surface area (Å²) >= 11 is 1.49. The SMILES string of the molecule is COc1cccc(-n2c(SCc3ccccc3)nc3cc(C(=O)N4CCc5ccccc5C4)ccc3c2=O)c1. The first-order valence-corrected chi connectivity index (χ1v) is 13.8. The fourth-order valence-electron chi connectivity index (χ4n) is 4.95. The lowest BCUT2D eigenvalue weighted by molar-refractivity contribution is 0.0735. The van der Waals surface area contributed by atoms with Gasteiger partial charge in [-0.15, -0.1) is 0 Å². The average Bonchev–Trinajstić information content (AvgIpc) is 2.99. The molecule has 0 saturated carbocycles. The predicted octanol–water partition coefficient (Wildman–Crippen LogP) is 5.89. The van der Waals surface area contributed by atoms with Crippen molar-refractivity contribution in [1.29, 1.82) is 0 Å². The summed E-state index contributed by atoms with van der Waals surface area (Å²) < 4.78 is 7.04. The van der Waals surface area contributed by atoms with Gasteiger partial charge in [0.05, 0.1) is 23.7 Å². The van der Waals surface area contributed by atoms with Crippen molar-refractivity contribution >= 4 is 28.6 Å². The van der Waals surface area contributed by atoms with Crippen LogP contribution in [-0.2, 0) is 18.7 Å². The van der Waals surface area contributed by atoms with Crippen LogP contribution in [0.3, 0.4) is 0 Å². The van der Waals surface area contributed by atoms with Gasteiger partial charge in [-0.1, -0.05) is 72.4 Å². The van der Waals surface area contributed by atoms with Crippen LogP contribution in [-0.4, -0.2) is 34.0 Å². The largest absolute Gasteiger partial charge is 0.497 e. The van der Waals surface area contributed by atoms with E-state index >= 15 is 0 Å². The summed E-state index contributed by atoms with van der Waals surface area (Å²) in [7, 11) is 1.60. The zero-order valence-corrected chi connectivity index (χ0v) is 22.4. The number of ether oxygens (including phenoxy) is 1.